The van der Waals surface area contributed by atoms with Crippen LogP contribution < -0.4 is 14.8 Å². The van der Waals surface area contributed by atoms with E-state index in [1.807, 2.05) is 0 Å². The molecule has 0 bridgehead atoms. The number of aliphatic hydroxyl groups is 1. The Morgan fingerprint density at radius 1 is 1.27 bits per heavy atom. The first-order valence-electron chi connectivity index (χ1n) is 6.73. The third kappa shape index (κ3) is 3.76. The van der Waals surface area contributed by atoms with Crippen molar-refractivity contribution in [3.63, 3.8) is 0 Å². The van der Waals surface area contributed by atoms with Crippen molar-refractivity contribution in [1.82, 2.24) is 5.32 Å². The summed E-state index contributed by atoms with van der Waals surface area (Å²) < 4.78 is 33.0. The average molecular weight is 329 g/mol. The molecule has 7 nitrogen and oxygen atoms in total. The molecule has 0 amide bonds. The molecule has 2 rings (SSSR count). The highest BCUT2D eigenvalue weighted by Gasteiger charge is 2.36. The molecule has 0 radical (unpaired) electrons. The van der Waals surface area contributed by atoms with Crippen LogP contribution in [0, 0.1) is 0 Å². The van der Waals surface area contributed by atoms with E-state index in [0.717, 1.165) is 0 Å². The second-order valence-electron chi connectivity index (χ2n) is 5.12. The molecule has 1 aliphatic heterocycles. The van der Waals surface area contributed by atoms with Crippen LogP contribution in [-0.4, -0.2) is 63.7 Å². The van der Waals surface area contributed by atoms with Gasteiger partial charge in [-0.1, -0.05) is 0 Å². The first kappa shape index (κ1) is 16.7. The van der Waals surface area contributed by atoms with Gasteiger partial charge in [0.25, 0.3) is 0 Å². The minimum Gasteiger partial charge on any atom is -0.493 e. The number of ether oxygens (including phenoxy) is 2. The van der Waals surface area contributed by atoms with Gasteiger partial charge < -0.3 is 19.9 Å². The Hall–Kier alpha value is -1.64. The van der Waals surface area contributed by atoms with Crippen molar-refractivity contribution in [2.24, 2.45) is 0 Å². The maximum Gasteiger partial charge on any atom is 0.176 e. The number of methoxy groups -OCH3 is 2. The molecule has 0 spiro atoms. The summed E-state index contributed by atoms with van der Waals surface area (Å²) in [6.07, 6.45) is -0.983. The third-order valence-corrected chi connectivity index (χ3v) is 5.27. The van der Waals surface area contributed by atoms with Crippen molar-refractivity contribution in [3.05, 3.63) is 23.8 Å². The van der Waals surface area contributed by atoms with Gasteiger partial charge in [-0.3, -0.25) is 4.79 Å². The summed E-state index contributed by atoms with van der Waals surface area (Å²) in [5.41, 5.74) is 0.417. The first-order valence-corrected chi connectivity index (χ1v) is 8.55. The summed E-state index contributed by atoms with van der Waals surface area (Å²) in [5.74, 6) is 0.307. The van der Waals surface area contributed by atoms with Crippen molar-refractivity contribution in [2.45, 2.75) is 12.1 Å². The topological polar surface area (TPSA) is 102 Å². The van der Waals surface area contributed by atoms with Crippen molar-refractivity contribution in [2.75, 3.05) is 32.3 Å². The summed E-state index contributed by atoms with van der Waals surface area (Å²) in [6, 6.07) is 4.17. The average Bonchev–Trinajstić information content (AvgIpc) is 2.76. The molecule has 0 aliphatic carbocycles. The zero-order valence-corrected chi connectivity index (χ0v) is 13.2. The van der Waals surface area contributed by atoms with E-state index in [1.165, 1.54) is 14.2 Å². The highest BCUT2D eigenvalue weighted by molar-refractivity contribution is 7.91. The molecule has 1 saturated heterocycles. The van der Waals surface area contributed by atoms with Gasteiger partial charge in [-0.2, -0.15) is 0 Å². The molecular weight excluding hydrogens is 310 g/mol. The van der Waals surface area contributed by atoms with Crippen LogP contribution in [0.3, 0.4) is 0 Å². The summed E-state index contributed by atoms with van der Waals surface area (Å²) in [4.78, 5) is 12.1. The molecule has 0 aromatic heterocycles. The summed E-state index contributed by atoms with van der Waals surface area (Å²) in [5, 5.41) is 12.5. The maximum atomic E-state index is 12.1. The van der Waals surface area contributed by atoms with Crippen LogP contribution >= 0.6 is 0 Å². The van der Waals surface area contributed by atoms with Gasteiger partial charge in [-0.05, 0) is 18.2 Å². The van der Waals surface area contributed by atoms with Gasteiger partial charge in [0.15, 0.2) is 27.1 Å². The molecule has 2 atom stereocenters. The SMILES string of the molecule is COc1ccc(C(=O)CN[C@H]2CS(=O)(=O)C[C@@H]2O)cc1OC. The molecule has 1 aliphatic rings. The fourth-order valence-electron chi connectivity index (χ4n) is 2.36. The maximum absolute atomic E-state index is 12.1. The van der Waals surface area contributed by atoms with Crippen LogP contribution in [0.5, 0.6) is 11.5 Å². The predicted octanol–water partition coefficient (Wildman–Crippen LogP) is -0.366. The van der Waals surface area contributed by atoms with Crippen LogP contribution in [0.15, 0.2) is 18.2 Å². The molecule has 0 unspecified atom stereocenters. The minimum atomic E-state index is -3.24. The minimum absolute atomic E-state index is 0.0628. The van der Waals surface area contributed by atoms with Crippen molar-refractivity contribution >= 4 is 15.6 Å². The lowest BCUT2D eigenvalue weighted by Crippen LogP contribution is -2.41. The molecule has 2 N–H and O–H groups in total. The normalized spacial score (nSPS) is 23.2. The van der Waals surface area contributed by atoms with Crippen LogP contribution in [0.25, 0.3) is 0 Å². The molecule has 1 fully saturated rings. The molecule has 1 heterocycles. The highest BCUT2D eigenvalue weighted by atomic mass is 32.2. The van der Waals surface area contributed by atoms with E-state index in [1.54, 1.807) is 18.2 Å². The van der Waals surface area contributed by atoms with E-state index < -0.39 is 22.0 Å². The van der Waals surface area contributed by atoms with Crippen molar-refractivity contribution < 1.29 is 27.8 Å². The second-order valence-corrected chi connectivity index (χ2v) is 7.28. The number of rotatable bonds is 6. The number of benzene rings is 1. The van der Waals surface area contributed by atoms with Crippen molar-refractivity contribution in [3.8, 4) is 11.5 Å². The molecule has 122 valence electrons. The molecule has 1 aromatic rings. The van der Waals surface area contributed by atoms with Crippen LogP contribution in [0.1, 0.15) is 10.4 Å². The standard InChI is InChI=1S/C14H19NO6S/c1-20-13-4-3-9(5-14(13)21-2)11(16)6-15-10-7-22(18,19)8-12(10)17/h3-5,10,12,15,17H,6-8H2,1-2H3/t10-,12-/m0/s1. The molecule has 22 heavy (non-hydrogen) atoms. The molecule has 8 heteroatoms. The van der Waals surface area contributed by atoms with E-state index in [-0.39, 0.29) is 23.8 Å². The lowest BCUT2D eigenvalue weighted by atomic mass is 10.1. The Kier molecular flexibility index (Phi) is 5.05. The zero-order chi connectivity index (χ0) is 16.3. The Morgan fingerprint density at radius 3 is 2.50 bits per heavy atom. The van der Waals surface area contributed by atoms with Gasteiger partial charge in [0.1, 0.15) is 0 Å². The number of nitrogens with one attached hydrogen (secondary N) is 1. The monoisotopic (exact) mass is 329 g/mol. The second kappa shape index (κ2) is 6.64. The molecule has 0 saturated carbocycles. The zero-order valence-electron chi connectivity index (χ0n) is 12.4. The van der Waals surface area contributed by atoms with Gasteiger partial charge in [0.2, 0.25) is 0 Å². The van der Waals surface area contributed by atoms with E-state index in [0.29, 0.717) is 17.1 Å². The number of aliphatic hydroxyl groups excluding tert-OH is 1. The summed E-state index contributed by atoms with van der Waals surface area (Å²) >= 11 is 0. The Morgan fingerprint density at radius 2 is 1.95 bits per heavy atom. The Bertz CT molecular complexity index is 657. The fourth-order valence-corrected chi connectivity index (χ4v) is 4.14. The van der Waals surface area contributed by atoms with Gasteiger partial charge in [-0.25, -0.2) is 8.42 Å². The number of Topliss-reactive ketones (excluding diaryl/α,β-unsaturated/α-hetero) is 1. The number of hydrogen-bond acceptors (Lipinski definition) is 7. The van der Waals surface area contributed by atoms with E-state index in [4.69, 9.17) is 9.47 Å². The Balaban J connectivity index is 2.01. The molecule has 1 aromatic carbocycles. The van der Waals surface area contributed by atoms with Crippen LogP contribution in [0.2, 0.25) is 0 Å². The van der Waals surface area contributed by atoms with E-state index >= 15 is 0 Å². The number of sulfone groups is 1. The van der Waals surface area contributed by atoms with Gasteiger partial charge >= 0.3 is 0 Å². The quantitative estimate of drug-likeness (QED) is 0.687. The van der Waals surface area contributed by atoms with E-state index in [9.17, 15) is 18.3 Å². The number of hydrogen-bond donors (Lipinski definition) is 2. The molecular formula is C14H19NO6S. The lowest BCUT2D eigenvalue weighted by Gasteiger charge is -2.14. The van der Waals surface area contributed by atoms with E-state index in [2.05, 4.69) is 5.32 Å². The van der Waals surface area contributed by atoms with Gasteiger partial charge in [-0.15, -0.1) is 0 Å². The lowest BCUT2D eigenvalue weighted by molar-refractivity contribution is 0.0974. The van der Waals surface area contributed by atoms with Gasteiger partial charge in [0, 0.05) is 11.6 Å². The summed E-state index contributed by atoms with van der Waals surface area (Å²) in [6.45, 7) is -0.0628. The number of ketones is 1. The van der Waals surface area contributed by atoms with Crippen LogP contribution in [0.4, 0.5) is 0 Å². The smallest absolute Gasteiger partial charge is 0.176 e. The predicted molar refractivity (Wildman–Crippen MR) is 80.3 cm³/mol. The first-order chi connectivity index (χ1) is 10.4. The third-order valence-electron chi connectivity index (χ3n) is 3.55. The van der Waals surface area contributed by atoms with Crippen molar-refractivity contribution in [1.29, 1.82) is 0 Å². The summed E-state index contributed by atoms with van der Waals surface area (Å²) in [7, 11) is -0.258. The van der Waals surface area contributed by atoms with Gasteiger partial charge in [0.05, 0.1) is 38.4 Å². The largest absolute Gasteiger partial charge is 0.493 e. The highest BCUT2D eigenvalue weighted by Crippen LogP contribution is 2.27. The fraction of sp³-hybridized carbons (Fsp3) is 0.500. The van der Waals surface area contributed by atoms with Crippen LogP contribution in [-0.2, 0) is 9.84 Å². The Labute approximate surface area is 129 Å². The number of carbonyl (C=O) groups is 1. The number of carbonyl (C=O) groups excluding carboxylic acids is 1.